The standard InChI is InChI=1S/C13H12ClNO3S2/c14-9-6-20(17,18)7-10(9)15-13(16)12-5-8-3-1-2-4-11(8)19-12/h1-5,9-10H,6-7H2,(H,15,16). The lowest BCUT2D eigenvalue weighted by Gasteiger charge is -2.13. The van der Waals surface area contributed by atoms with Crippen molar-refractivity contribution in [3.8, 4) is 0 Å². The summed E-state index contributed by atoms with van der Waals surface area (Å²) in [7, 11) is -3.14. The van der Waals surface area contributed by atoms with Gasteiger partial charge in [0.2, 0.25) is 0 Å². The molecule has 3 rings (SSSR count). The Balaban J connectivity index is 1.79. The Morgan fingerprint density at radius 3 is 2.70 bits per heavy atom. The molecule has 0 saturated carbocycles. The van der Waals surface area contributed by atoms with E-state index in [1.807, 2.05) is 30.3 Å². The number of hydrogen-bond donors (Lipinski definition) is 1. The Kier molecular flexibility index (Phi) is 3.48. The van der Waals surface area contributed by atoms with Crippen molar-refractivity contribution in [2.75, 3.05) is 11.5 Å². The molecule has 0 bridgehead atoms. The van der Waals surface area contributed by atoms with Crippen molar-refractivity contribution in [3.05, 3.63) is 35.2 Å². The zero-order chi connectivity index (χ0) is 14.3. The van der Waals surface area contributed by atoms with Crippen LogP contribution >= 0.6 is 22.9 Å². The van der Waals surface area contributed by atoms with Gasteiger partial charge in [-0.2, -0.15) is 0 Å². The highest BCUT2D eigenvalue weighted by atomic mass is 35.5. The van der Waals surface area contributed by atoms with E-state index in [1.54, 1.807) is 0 Å². The fourth-order valence-corrected chi connectivity index (χ4v) is 5.79. The first-order chi connectivity index (χ1) is 9.44. The predicted octanol–water partition coefficient (Wildman–Crippen LogP) is 2.04. The molecule has 1 aliphatic heterocycles. The number of halogens is 1. The van der Waals surface area contributed by atoms with Gasteiger partial charge in [0.1, 0.15) is 0 Å². The van der Waals surface area contributed by atoms with E-state index in [-0.39, 0.29) is 17.4 Å². The minimum atomic E-state index is -3.14. The van der Waals surface area contributed by atoms with Crippen LogP contribution in [0.4, 0.5) is 0 Å². The van der Waals surface area contributed by atoms with E-state index in [4.69, 9.17) is 11.6 Å². The smallest absolute Gasteiger partial charge is 0.261 e. The molecule has 2 unspecified atom stereocenters. The predicted molar refractivity (Wildman–Crippen MR) is 81.4 cm³/mol. The van der Waals surface area contributed by atoms with Gasteiger partial charge in [-0.15, -0.1) is 22.9 Å². The van der Waals surface area contributed by atoms with Gasteiger partial charge in [-0.25, -0.2) is 8.42 Å². The van der Waals surface area contributed by atoms with Crippen molar-refractivity contribution in [1.29, 1.82) is 0 Å². The van der Waals surface area contributed by atoms with Gasteiger partial charge in [0.15, 0.2) is 9.84 Å². The molecule has 4 nitrogen and oxygen atoms in total. The second-order valence-corrected chi connectivity index (χ2v) is 8.62. The molecular formula is C13H12ClNO3S2. The molecule has 1 aromatic carbocycles. The van der Waals surface area contributed by atoms with Crippen molar-refractivity contribution in [1.82, 2.24) is 5.32 Å². The molecule has 1 saturated heterocycles. The molecular weight excluding hydrogens is 318 g/mol. The van der Waals surface area contributed by atoms with Gasteiger partial charge in [0.25, 0.3) is 5.91 Å². The summed E-state index contributed by atoms with van der Waals surface area (Å²) in [5.41, 5.74) is 0. The van der Waals surface area contributed by atoms with Crippen molar-refractivity contribution < 1.29 is 13.2 Å². The van der Waals surface area contributed by atoms with E-state index in [2.05, 4.69) is 5.32 Å². The van der Waals surface area contributed by atoms with Gasteiger partial charge in [-0.1, -0.05) is 18.2 Å². The Morgan fingerprint density at radius 2 is 2.05 bits per heavy atom. The van der Waals surface area contributed by atoms with E-state index < -0.39 is 21.3 Å². The Morgan fingerprint density at radius 1 is 1.30 bits per heavy atom. The average Bonchev–Trinajstić information content (AvgIpc) is 2.90. The largest absolute Gasteiger partial charge is 0.346 e. The van der Waals surface area contributed by atoms with Crippen LogP contribution < -0.4 is 5.32 Å². The molecule has 1 N–H and O–H groups in total. The highest BCUT2D eigenvalue weighted by molar-refractivity contribution is 7.91. The molecule has 20 heavy (non-hydrogen) atoms. The van der Waals surface area contributed by atoms with Gasteiger partial charge >= 0.3 is 0 Å². The summed E-state index contributed by atoms with van der Waals surface area (Å²) in [6.07, 6.45) is 0. The average molecular weight is 330 g/mol. The molecule has 1 fully saturated rings. The maximum absolute atomic E-state index is 12.2. The molecule has 1 amide bonds. The molecule has 0 spiro atoms. The van der Waals surface area contributed by atoms with Crippen molar-refractivity contribution in [2.45, 2.75) is 11.4 Å². The number of amides is 1. The third-order valence-electron chi connectivity index (χ3n) is 3.25. The first-order valence-electron chi connectivity index (χ1n) is 6.08. The topological polar surface area (TPSA) is 63.2 Å². The van der Waals surface area contributed by atoms with Crippen molar-refractivity contribution in [2.24, 2.45) is 0 Å². The first-order valence-corrected chi connectivity index (χ1v) is 9.16. The summed E-state index contributed by atoms with van der Waals surface area (Å²) in [6, 6.07) is 9.00. The second kappa shape index (κ2) is 5.02. The fourth-order valence-electron chi connectivity index (χ4n) is 2.27. The highest BCUT2D eigenvalue weighted by Gasteiger charge is 2.37. The van der Waals surface area contributed by atoms with Crippen molar-refractivity contribution in [3.63, 3.8) is 0 Å². The Bertz CT molecular complexity index is 736. The van der Waals surface area contributed by atoms with Crippen LogP contribution in [0.15, 0.2) is 30.3 Å². The van der Waals surface area contributed by atoms with E-state index in [9.17, 15) is 13.2 Å². The van der Waals surface area contributed by atoms with E-state index in [0.29, 0.717) is 4.88 Å². The van der Waals surface area contributed by atoms with Gasteiger partial charge in [0.05, 0.1) is 27.8 Å². The molecule has 2 atom stereocenters. The number of fused-ring (bicyclic) bond motifs is 1. The molecule has 2 heterocycles. The van der Waals surface area contributed by atoms with Gasteiger partial charge in [0, 0.05) is 4.70 Å². The lowest BCUT2D eigenvalue weighted by atomic mass is 10.2. The summed E-state index contributed by atoms with van der Waals surface area (Å²) in [6.45, 7) is 0. The molecule has 106 valence electrons. The maximum atomic E-state index is 12.2. The summed E-state index contributed by atoms with van der Waals surface area (Å²) >= 11 is 7.37. The molecule has 1 aliphatic rings. The molecule has 0 radical (unpaired) electrons. The van der Waals surface area contributed by atoms with Crippen LogP contribution in [0.2, 0.25) is 0 Å². The third kappa shape index (κ3) is 2.68. The maximum Gasteiger partial charge on any atom is 0.261 e. The van der Waals surface area contributed by atoms with E-state index in [1.165, 1.54) is 11.3 Å². The van der Waals surface area contributed by atoms with Crippen LogP contribution in [0, 0.1) is 0 Å². The number of carbonyl (C=O) groups is 1. The SMILES string of the molecule is O=C(NC1CS(=O)(=O)CC1Cl)c1cc2ccccc2s1. The number of benzene rings is 1. The second-order valence-electron chi connectivity index (χ2n) is 4.82. The fraction of sp³-hybridized carbons (Fsp3) is 0.308. The summed E-state index contributed by atoms with van der Waals surface area (Å²) < 4.78 is 24.0. The van der Waals surface area contributed by atoms with Gasteiger partial charge < -0.3 is 5.32 Å². The monoisotopic (exact) mass is 329 g/mol. The highest BCUT2D eigenvalue weighted by Crippen LogP contribution is 2.26. The quantitative estimate of drug-likeness (QED) is 0.858. The van der Waals surface area contributed by atoms with Crippen LogP contribution in [-0.4, -0.2) is 37.2 Å². The minimum Gasteiger partial charge on any atom is -0.346 e. The third-order valence-corrected chi connectivity index (χ3v) is 6.74. The molecule has 1 aromatic heterocycles. The van der Waals surface area contributed by atoms with E-state index >= 15 is 0 Å². The van der Waals surface area contributed by atoms with E-state index in [0.717, 1.165) is 10.1 Å². The number of nitrogens with one attached hydrogen (secondary N) is 1. The normalized spacial score (nSPS) is 24.9. The number of alkyl halides is 1. The zero-order valence-corrected chi connectivity index (χ0v) is 12.8. The van der Waals surface area contributed by atoms with Gasteiger partial charge in [-0.3, -0.25) is 4.79 Å². The minimum absolute atomic E-state index is 0.0775. The van der Waals surface area contributed by atoms with Crippen LogP contribution in [0.25, 0.3) is 10.1 Å². The number of sulfone groups is 1. The molecule has 7 heteroatoms. The Hall–Kier alpha value is -1.11. The molecule has 2 aromatic rings. The lowest BCUT2D eigenvalue weighted by molar-refractivity contribution is 0.0945. The lowest BCUT2D eigenvalue weighted by Crippen LogP contribution is -2.40. The summed E-state index contributed by atoms with van der Waals surface area (Å²) in [5.74, 6) is -0.428. The summed E-state index contributed by atoms with van der Waals surface area (Å²) in [4.78, 5) is 12.7. The van der Waals surface area contributed by atoms with Crippen molar-refractivity contribution >= 4 is 48.8 Å². The van der Waals surface area contributed by atoms with Crippen LogP contribution in [0.1, 0.15) is 9.67 Å². The van der Waals surface area contributed by atoms with Crippen LogP contribution in [-0.2, 0) is 9.84 Å². The number of carbonyl (C=O) groups excluding carboxylic acids is 1. The summed E-state index contributed by atoms with van der Waals surface area (Å²) in [5, 5.41) is 3.17. The van der Waals surface area contributed by atoms with Crippen LogP contribution in [0.3, 0.4) is 0 Å². The number of rotatable bonds is 2. The molecule has 0 aliphatic carbocycles. The van der Waals surface area contributed by atoms with Gasteiger partial charge in [-0.05, 0) is 17.5 Å². The van der Waals surface area contributed by atoms with Crippen LogP contribution in [0.5, 0.6) is 0 Å². The number of hydrogen-bond acceptors (Lipinski definition) is 4. The zero-order valence-electron chi connectivity index (χ0n) is 10.4. The first kappa shape index (κ1) is 13.9. The number of thiophene rings is 1. The Labute approximate surface area is 125 Å².